The molecule has 0 fully saturated rings. The molecule has 0 aliphatic carbocycles. The van der Waals surface area contributed by atoms with Crippen LogP contribution in [0.15, 0.2) is 29.2 Å². The van der Waals surface area contributed by atoms with Crippen LogP contribution in [-0.2, 0) is 20.2 Å². The van der Waals surface area contributed by atoms with E-state index in [4.69, 9.17) is 9.11 Å². The Bertz CT molecular complexity index is 610. The van der Waals surface area contributed by atoms with Crippen molar-refractivity contribution in [1.29, 1.82) is 0 Å². The van der Waals surface area contributed by atoms with E-state index in [0.29, 0.717) is 0 Å². The zero-order valence-corrected chi connectivity index (χ0v) is 10.7. The first-order valence-electron chi connectivity index (χ1n) is 4.71. The summed E-state index contributed by atoms with van der Waals surface area (Å²) in [7, 11) is -8.46. The molecule has 10 heteroatoms. The second-order valence-corrected chi connectivity index (χ2v) is 6.27. The van der Waals surface area contributed by atoms with Crippen LogP contribution in [0.4, 0.5) is 5.69 Å². The highest BCUT2D eigenvalue weighted by molar-refractivity contribution is 7.86. The molecular weight excluding hydrogens is 284 g/mol. The third-order valence-electron chi connectivity index (χ3n) is 1.87. The quantitative estimate of drug-likeness (QED) is 0.320. The van der Waals surface area contributed by atoms with Gasteiger partial charge in [0.15, 0.2) is 0 Å². The van der Waals surface area contributed by atoms with Gasteiger partial charge in [0.05, 0.1) is 11.4 Å². The molecular formula is C8H12N2O6S2. The number of nitrogens with one attached hydrogen (secondary N) is 2. The lowest BCUT2D eigenvalue weighted by atomic mass is 10.3. The van der Waals surface area contributed by atoms with Crippen molar-refractivity contribution in [2.45, 2.75) is 4.90 Å². The average molecular weight is 296 g/mol. The highest BCUT2D eigenvalue weighted by atomic mass is 32.2. The first kappa shape index (κ1) is 14.9. The highest BCUT2D eigenvalue weighted by Crippen LogP contribution is 2.19. The average Bonchev–Trinajstić information content (AvgIpc) is 2.22. The Kier molecular flexibility index (Phi) is 4.65. The molecule has 0 saturated heterocycles. The molecule has 1 rings (SSSR count). The van der Waals surface area contributed by atoms with Gasteiger partial charge in [-0.2, -0.15) is 16.8 Å². The van der Waals surface area contributed by atoms with E-state index < -0.39 is 26.0 Å². The maximum atomic E-state index is 11.0. The van der Waals surface area contributed by atoms with Crippen molar-refractivity contribution in [3.05, 3.63) is 24.3 Å². The predicted octanol–water partition coefficient (Wildman–Crippen LogP) is -0.262. The standard InChI is InChI=1S/C8H12N2O6S2/c11-17(12,13)6-5-9-10-7-3-1-2-4-8(7)18(14,15)16/h1-4,9-10H,5-6H2,(H,11,12,13)(H,14,15,16). The van der Waals surface area contributed by atoms with Gasteiger partial charge in [-0.25, -0.2) is 5.43 Å². The van der Waals surface area contributed by atoms with Gasteiger partial charge in [0.25, 0.3) is 20.2 Å². The zero-order valence-electron chi connectivity index (χ0n) is 9.07. The van der Waals surface area contributed by atoms with Gasteiger partial charge in [-0.1, -0.05) is 12.1 Å². The lowest BCUT2D eigenvalue weighted by Crippen LogP contribution is -2.28. The lowest BCUT2D eigenvalue weighted by Gasteiger charge is -2.10. The van der Waals surface area contributed by atoms with Gasteiger partial charge in [-0.05, 0) is 12.1 Å². The van der Waals surface area contributed by atoms with Crippen LogP contribution < -0.4 is 10.9 Å². The SMILES string of the molecule is O=S(=O)(O)CCNNc1ccccc1S(=O)(=O)O. The number of anilines is 1. The molecule has 0 atom stereocenters. The van der Waals surface area contributed by atoms with Gasteiger partial charge >= 0.3 is 0 Å². The Labute approximate surface area is 104 Å². The normalized spacial score (nSPS) is 12.3. The number of hydrogen-bond donors (Lipinski definition) is 4. The minimum atomic E-state index is -4.37. The van der Waals surface area contributed by atoms with E-state index in [2.05, 4.69) is 10.9 Å². The number of hydrogen-bond acceptors (Lipinski definition) is 6. The van der Waals surface area contributed by atoms with E-state index in [-0.39, 0.29) is 17.1 Å². The monoisotopic (exact) mass is 296 g/mol. The molecule has 0 aliphatic rings. The number of para-hydroxylation sites is 1. The number of rotatable bonds is 6. The third-order valence-corrected chi connectivity index (χ3v) is 3.50. The smallest absolute Gasteiger partial charge is 0.296 e. The number of benzene rings is 1. The third kappa shape index (κ3) is 4.98. The molecule has 0 saturated carbocycles. The minimum Gasteiger partial charge on any atom is -0.320 e. The first-order valence-corrected chi connectivity index (χ1v) is 7.75. The molecule has 0 radical (unpaired) electrons. The van der Waals surface area contributed by atoms with Crippen LogP contribution in [0, 0.1) is 0 Å². The summed E-state index contributed by atoms with van der Waals surface area (Å²) in [6.45, 7) is -0.140. The summed E-state index contributed by atoms with van der Waals surface area (Å²) in [5.41, 5.74) is 4.90. The van der Waals surface area contributed by atoms with Gasteiger partial charge in [-0.3, -0.25) is 9.11 Å². The van der Waals surface area contributed by atoms with Crippen molar-refractivity contribution >= 4 is 25.9 Å². The van der Waals surface area contributed by atoms with Crippen molar-refractivity contribution in [1.82, 2.24) is 5.43 Å². The molecule has 0 aliphatic heterocycles. The van der Waals surface area contributed by atoms with Crippen molar-refractivity contribution in [3.8, 4) is 0 Å². The molecule has 4 N–H and O–H groups in total. The first-order chi connectivity index (χ1) is 8.20. The van der Waals surface area contributed by atoms with Gasteiger partial charge < -0.3 is 5.43 Å². The van der Waals surface area contributed by atoms with Crippen LogP contribution in [0.5, 0.6) is 0 Å². The molecule has 0 bridgehead atoms. The second kappa shape index (κ2) is 5.63. The molecule has 0 unspecified atom stereocenters. The van der Waals surface area contributed by atoms with E-state index in [1.54, 1.807) is 0 Å². The van der Waals surface area contributed by atoms with Crippen molar-refractivity contribution in [2.24, 2.45) is 0 Å². The molecule has 0 aromatic heterocycles. The molecule has 0 spiro atoms. The van der Waals surface area contributed by atoms with Crippen LogP contribution in [-0.4, -0.2) is 38.2 Å². The largest absolute Gasteiger partial charge is 0.320 e. The summed E-state index contributed by atoms with van der Waals surface area (Å²) in [4.78, 5) is -0.343. The maximum absolute atomic E-state index is 11.0. The van der Waals surface area contributed by atoms with Crippen LogP contribution in [0.25, 0.3) is 0 Å². The van der Waals surface area contributed by atoms with Gasteiger partial charge in [0, 0.05) is 6.54 Å². The van der Waals surface area contributed by atoms with Crippen LogP contribution >= 0.6 is 0 Å². The molecule has 0 amide bonds. The Morgan fingerprint density at radius 1 is 1.06 bits per heavy atom. The summed E-state index contributed by atoms with van der Waals surface area (Å²) in [6, 6.07) is 5.51. The summed E-state index contributed by atoms with van der Waals surface area (Å²) in [5.74, 6) is -0.534. The van der Waals surface area contributed by atoms with Gasteiger partial charge in [0.2, 0.25) is 0 Å². The Hall–Kier alpha value is -1.20. The van der Waals surface area contributed by atoms with E-state index in [0.717, 1.165) is 0 Å². The second-order valence-electron chi connectivity index (χ2n) is 3.31. The van der Waals surface area contributed by atoms with Crippen LogP contribution in [0.1, 0.15) is 0 Å². The Morgan fingerprint density at radius 3 is 2.22 bits per heavy atom. The maximum Gasteiger partial charge on any atom is 0.296 e. The topological polar surface area (TPSA) is 133 Å². The highest BCUT2D eigenvalue weighted by Gasteiger charge is 2.14. The van der Waals surface area contributed by atoms with E-state index >= 15 is 0 Å². The summed E-state index contributed by atoms with van der Waals surface area (Å²) >= 11 is 0. The van der Waals surface area contributed by atoms with Crippen molar-refractivity contribution in [2.75, 3.05) is 17.7 Å². The molecule has 0 heterocycles. The summed E-state index contributed by atoms with van der Waals surface area (Å²) in [6.07, 6.45) is 0. The van der Waals surface area contributed by atoms with Gasteiger partial charge in [-0.15, -0.1) is 0 Å². The zero-order chi connectivity index (χ0) is 13.8. The fourth-order valence-electron chi connectivity index (χ4n) is 1.13. The van der Waals surface area contributed by atoms with E-state index in [1.165, 1.54) is 24.3 Å². The fraction of sp³-hybridized carbons (Fsp3) is 0.250. The number of hydrazine groups is 1. The lowest BCUT2D eigenvalue weighted by molar-refractivity contribution is 0.479. The molecule has 1 aromatic rings. The molecule has 18 heavy (non-hydrogen) atoms. The predicted molar refractivity (Wildman–Crippen MR) is 64.3 cm³/mol. The van der Waals surface area contributed by atoms with Gasteiger partial charge in [0.1, 0.15) is 4.90 Å². The Morgan fingerprint density at radius 2 is 1.67 bits per heavy atom. The minimum absolute atomic E-state index is 0.0651. The molecule has 102 valence electrons. The van der Waals surface area contributed by atoms with Crippen LogP contribution in [0.2, 0.25) is 0 Å². The van der Waals surface area contributed by atoms with Crippen molar-refractivity contribution < 1.29 is 25.9 Å². The van der Waals surface area contributed by atoms with E-state index in [9.17, 15) is 16.8 Å². The van der Waals surface area contributed by atoms with Crippen LogP contribution in [0.3, 0.4) is 0 Å². The fourth-order valence-corrected chi connectivity index (χ4v) is 2.14. The molecule has 1 aromatic carbocycles. The summed E-state index contributed by atoms with van der Waals surface area (Å²) in [5, 5.41) is 0. The molecule has 8 nitrogen and oxygen atoms in total. The Balaban J connectivity index is 2.69. The van der Waals surface area contributed by atoms with E-state index in [1.807, 2.05) is 0 Å². The van der Waals surface area contributed by atoms with Crippen molar-refractivity contribution in [3.63, 3.8) is 0 Å². The summed E-state index contributed by atoms with van der Waals surface area (Å²) < 4.78 is 60.2.